The molecule has 1 saturated heterocycles. The minimum Gasteiger partial charge on any atom is -0.482 e. The van der Waals surface area contributed by atoms with E-state index in [1.54, 1.807) is 24.3 Å². The maximum absolute atomic E-state index is 12.6. The van der Waals surface area contributed by atoms with Gasteiger partial charge in [-0.25, -0.2) is 0 Å². The van der Waals surface area contributed by atoms with E-state index in [-0.39, 0.29) is 23.3 Å². The van der Waals surface area contributed by atoms with Crippen LogP contribution in [0.3, 0.4) is 0 Å². The van der Waals surface area contributed by atoms with Gasteiger partial charge in [-0.05, 0) is 37.1 Å². The van der Waals surface area contributed by atoms with E-state index >= 15 is 0 Å². The van der Waals surface area contributed by atoms with Crippen molar-refractivity contribution in [2.24, 2.45) is 5.92 Å². The van der Waals surface area contributed by atoms with Gasteiger partial charge in [0.2, 0.25) is 5.91 Å². The highest BCUT2D eigenvalue weighted by Gasteiger charge is 2.29. The van der Waals surface area contributed by atoms with Crippen LogP contribution in [0.25, 0.3) is 0 Å². The van der Waals surface area contributed by atoms with E-state index in [1.807, 2.05) is 4.90 Å². The van der Waals surface area contributed by atoms with Gasteiger partial charge in [0.25, 0.3) is 0 Å². The molecule has 1 amide bonds. The van der Waals surface area contributed by atoms with Crippen molar-refractivity contribution in [3.8, 4) is 5.75 Å². The van der Waals surface area contributed by atoms with Gasteiger partial charge < -0.3 is 15.0 Å². The summed E-state index contributed by atoms with van der Waals surface area (Å²) >= 11 is 5.73. The molecule has 6 nitrogen and oxygen atoms in total. The number of hydrogen-bond donors (Lipinski definition) is 1. The molecule has 2 aromatic rings. The Morgan fingerprint density at radius 3 is 2.54 bits per heavy atom. The number of carbonyl (C=O) groups is 1. The topological polar surface area (TPSA) is 67.3 Å². The lowest BCUT2D eigenvalue weighted by molar-refractivity contribution is -0.153. The number of anilines is 2. The second-order valence-corrected chi connectivity index (χ2v) is 6.75. The summed E-state index contributed by atoms with van der Waals surface area (Å²) in [6.45, 7) is -0.193. The summed E-state index contributed by atoms with van der Waals surface area (Å²) < 4.78 is 42.0. The standard InChI is InChI=1S/C18H18ClF3N4O2/c19-15-5-6-16(25-24-15)26-9-7-12(8-10-26)17(27)23-13-3-1-2-4-14(13)28-11-18(20,21)22/h1-6,12H,7-11H2,(H,23,27). The number of piperidine rings is 1. The summed E-state index contributed by atoms with van der Waals surface area (Å²) in [6, 6.07) is 9.50. The quantitative estimate of drug-likeness (QED) is 0.803. The van der Waals surface area contributed by atoms with Crippen molar-refractivity contribution in [2.45, 2.75) is 19.0 Å². The number of benzene rings is 1. The molecule has 1 aromatic carbocycles. The van der Waals surface area contributed by atoms with Crippen LogP contribution in [0.4, 0.5) is 24.7 Å². The van der Waals surface area contributed by atoms with Crippen LogP contribution >= 0.6 is 11.6 Å². The summed E-state index contributed by atoms with van der Waals surface area (Å²) in [4.78, 5) is 14.6. The molecule has 0 atom stereocenters. The molecule has 28 heavy (non-hydrogen) atoms. The molecule has 1 fully saturated rings. The maximum Gasteiger partial charge on any atom is 0.422 e. The van der Waals surface area contributed by atoms with E-state index in [9.17, 15) is 18.0 Å². The molecule has 1 aromatic heterocycles. The number of hydrogen-bond acceptors (Lipinski definition) is 5. The Hall–Kier alpha value is -2.55. The molecule has 1 aliphatic heterocycles. The molecule has 2 heterocycles. The lowest BCUT2D eigenvalue weighted by Gasteiger charge is -2.31. The molecule has 1 N–H and O–H groups in total. The fourth-order valence-corrected chi connectivity index (χ4v) is 3.04. The van der Waals surface area contributed by atoms with Crippen LogP contribution in [0.5, 0.6) is 5.75 Å². The number of amides is 1. The van der Waals surface area contributed by atoms with E-state index < -0.39 is 12.8 Å². The second kappa shape index (κ2) is 8.64. The Morgan fingerprint density at radius 1 is 1.18 bits per heavy atom. The number of para-hydroxylation sites is 2. The summed E-state index contributed by atoms with van der Waals surface area (Å²) in [5, 5.41) is 10.8. The van der Waals surface area contributed by atoms with Crippen LogP contribution in [0.15, 0.2) is 36.4 Å². The van der Waals surface area contributed by atoms with E-state index in [2.05, 4.69) is 15.5 Å². The van der Waals surface area contributed by atoms with Crippen LogP contribution in [0, 0.1) is 5.92 Å². The molecule has 0 unspecified atom stereocenters. The lowest BCUT2D eigenvalue weighted by atomic mass is 9.96. The number of nitrogens with zero attached hydrogens (tertiary/aromatic N) is 3. The van der Waals surface area contributed by atoms with Gasteiger partial charge in [0, 0.05) is 19.0 Å². The Kier molecular flexibility index (Phi) is 6.23. The number of carbonyl (C=O) groups excluding carboxylic acids is 1. The van der Waals surface area contributed by atoms with Crippen molar-refractivity contribution < 1.29 is 22.7 Å². The molecule has 0 spiro atoms. The molecule has 1 aliphatic rings. The first-order valence-corrected chi connectivity index (χ1v) is 9.03. The van der Waals surface area contributed by atoms with Crippen LogP contribution in [-0.4, -0.2) is 42.0 Å². The van der Waals surface area contributed by atoms with Crippen molar-refractivity contribution in [2.75, 3.05) is 29.9 Å². The average Bonchev–Trinajstić information content (AvgIpc) is 2.67. The number of alkyl halides is 3. The highest BCUT2D eigenvalue weighted by Crippen LogP contribution is 2.28. The zero-order valence-corrected chi connectivity index (χ0v) is 15.5. The molecule has 150 valence electrons. The van der Waals surface area contributed by atoms with E-state index in [0.717, 1.165) is 0 Å². The minimum absolute atomic E-state index is 0.0120. The predicted molar refractivity (Wildman–Crippen MR) is 98.6 cm³/mol. The van der Waals surface area contributed by atoms with Crippen molar-refractivity contribution in [1.29, 1.82) is 0 Å². The van der Waals surface area contributed by atoms with E-state index in [1.165, 1.54) is 12.1 Å². The van der Waals surface area contributed by atoms with E-state index in [4.69, 9.17) is 16.3 Å². The minimum atomic E-state index is -4.45. The van der Waals surface area contributed by atoms with Crippen LogP contribution in [0.1, 0.15) is 12.8 Å². The smallest absolute Gasteiger partial charge is 0.422 e. The van der Waals surface area contributed by atoms with Gasteiger partial charge in [-0.15, -0.1) is 10.2 Å². The summed E-state index contributed by atoms with van der Waals surface area (Å²) in [6.07, 6.45) is -3.28. The lowest BCUT2D eigenvalue weighted by Crippen LogP contribution is -2.38. The first-order valence-electron chi connectivity index (χ1n) is 8.65. The van der Waals surface area contributed by atoms with Crippen LogP contribution < -0.4 is 15.0 Å². The third-order valence-corrected chi connectivity index (χ3v) is 4.55. The second-order valence-electron chi connectivity index (χ2n) is 6.36. The number of halogens is 4. The zero-order chi connectivity index (χ0) is 20.1. The van der Waals surface area contributed by atoms with Crippen molar-refractivity contribution in [3.63, 3.8) is 0 Å². The Bertz CT molecular complexity index is 809. The predicted octanol–water partition coefficient (Wildman–Crippen LogP) is 3.93. The molecule has 0 bridgehead atoms. The Balaban J connectivity index is 1.57. The maximum atomic E-state index is 12.6. The fraction of sp³-hybridized carbons (Fsp3) is 0.389. The van der Waals surface area contributed by atoms with Gasteiger partial charge in [-0.3, -0.25) is 4.79 Å². The van der Waals surface area contributed by atoms with Crippen LogP contribution in [0.2, 0.25) is 5.15 Å². The average molecular weight is 415 g/mol. The number of aromatic nitrogens is 2. The highest BCUT2D eigenvalue weighted by molar-refractivity contribution is 6.29. The molecular weight excluding hydrogens is 397 g/mol. The SMILES string of the molecule is O=C(Nc1ccccc1OCC(F)(F)F)C1CCN(c2ccc(Cl)nn2)CC1. The van der Waals surface area contributed by atoms with Gasteiger partial charge in [0.1, 0.15) is 5.75 Å². The zero-order valence-electron chi connectivity index (χ0n) is 14.7. The Labute approximate surface area is 164 Å². The van der Waals surface area contributed by atoms with Gasteiger partial charge in [0.15, 0.2) is 17.6 Å². The molecule has 0 radical (unpaired) electrons. The summed E-state index contributed by atoms with van der Waals surface area (Å²) in [5.74, 6) is 0.174. The van der Waals surface area contributed by atoms with Gasteiger partial charge in [0.05, 0.1) is 5.69 Å². The first-order chi connectivity index (χ1) is 13.3. The molecular formula is C18H18ClF3N4O2. The first kappa shape index (κ1) is 20.2. The summed E-state index contributed by atoms with van der Waals surface area (Å²) in [5.41, 5.74) is 0.225. The third-order valence-electron chi connectivity index (χ3n) is 4.34. The van der Waals surface area contributed by atoms with Crippen molar-refractivity contribution in [1.82, 2.24) is 10.2 Å². The van der Waals surface area contributed by atoms with Crippen molar-refractivity contribution >= 4 is 29.0 Å². The third kappa shape index (κ3) is 5.48. The monoisotopic (exact) mass is 414 g/mol. The molecule has 0 saturated carbocycles. The summed E-state index contributed by atoms with van der Waals surface area (Å²) in [7, 11) is 0. The van der Waals surface area contributed by atoms with E-state index in [0.29, 0.717) is 36.9 Å². The van der Waals surface area contributed by atoms with Gasteiger partial charge in [-0.2, -0.15) is 13.2 Å². The number of rotatable bonds is 5. The number of nitrogens with one attached hydrogen (secondary N) is 1. The molecule has 0 aliphatic carbocycles. The largest absolute Gasteiger partial charge is 0.482 e. The molecule has 3 rings (SSSR count). The van der Waals surface area contributed by atoms with Gasteiger partial charge >= 0.3 is 6.18 Å². The molecule has 10 heteroatoms. The fourth-order valence-electron chi connectivity index (χ4n) is 2.94. The normalized spacial score (nSPS) is 15.4. The van der Waals surface area contributed by atoms with Gasteiger partial charge in [-0.1, -0.05) is 23.7 Å². The van der Waals surface area contributed by atoms with Crippen molar-refractivity contribution in [3.05, 3.63) is 41.6 Å². The Morgan fingerprint density at radius 2 is 1.89 bits per heavy atom. The van der Waals surface area contributed by atoms with Crippen LogP contribution in [-0.2, 0) is 4.79 Å². The highest BCUT2D eigenvalue weighted by atomic mass is 35.5. The number of ether oxygens (including phenoxy) is 1.